The van der Waals surface area contributed by atoms with E-state index in [0.29, 0.717) is 18.7 Å². The largest absolute Gasteiger partial charge is 0.452 e. The third-order valence-electron chi connectivity index (χ3n) is 5.39. The molecule has 6 heteroatoms. The number of rotatable bonds is 5. The van der Waals surface area contributed by atoms with Crippen molar-refractivity contribution >= 4 is 22.8 Å². The summed E-state index contributed by atoms with van der Waals surface area (Å²) in [5.41, 5.74) is 5.29. The van der Waals surface area contributed by atoms with Gasteiger partial charge in [-0.05, 0) is 25.6 Å². The van der Waals surface area contributed by atoms with E-state index in [1.54, 1.807) is 0 Å². The Labute approximate surface area is 175 Å². The van der Waals surface area contributed by atoms with Crippen LogP contribution in [0.2, 0.25) is 0 Å². The molecule has 4 rings (SSSR count). The first-order valence-corrected chi connectivity index (χ1v) is 10.1. The molecular formula is C24H25N3O3. The molecule has 0 aliphatic carbocycles. The summed E-state index contributed by atoms with van der Waals surface area (Å²) < 4.78 is 5.41. The molecule has 0 unspecified atom stereocenters. The number of hydrogen-bond donors (Lipinski definition) is 1. The number of aromatic nitrogens is 1. The number of aryl methyl sites for hydroxylation is 1. The number of amides is 1. The van der Waals surface area contributed by atoms with Crippen LogP contribution in [0.5, 0.6) is 0 Å². The fraction of sp³-hybridized carbons (Fsp3) is 0.292. The van der Waals surface area contributed by atoms with Crippen molar-refractivity contribution in [3.8, 4) is 0 Å². The normalized spacial score (nSPS) is 13.7. The second-order valence-corrected chi connectivity index (χ2v) is 7.76. The summed E-state index contributed by atoms with van der Waals surface area (Å²) in [6.45, 7) is 3.63. The summed E-state index contributed by atoms with van der Waals surface area (Å²) >= 11 is 0. The summed E-state index contributed by atoms with van der Waals surface area (Å²) in [6.07, 6.45) is 0.786. The van der Waals surface area contributed by atoms with Crippen molar-refractivity contribution in [3.05, 3.63) is 76.5 Å². The minimum atomic E-state index is -0.481. The monoisotopic (exact) mass is 403 g/mol. The van der Waals surface area contributed by atoms with Crippen molar-refractivity contribution in [2.75, 3.05) is 20.2 Å². The number of hydrogen-bond acceptors (Lipinski definition) is 5. The van der Waals surface area contributed by atoms with Gasteiger partial charge >= 0.3 is 5.97 Å². The van der Waals surface area contributed by atoms with Gasteiger partial charge in [0, 0.05) is 42.7 Å². The van der Waals surface area contributed by atoms with Gasteiger partial charge in [0.05, 0.1) is 11.1 Å². The fourth-order valence-corrected chi connectivity index (χ4v) is 3.72. The molecule has 0 bridgehead atoms. The van der Waals surface area contributed by atoms with E-state index >= 15 is 0 Å². The SMILES string of the molecule is Cc1ccc(CNC(=O)COC(=O)c2c3c(nc4ccccc24)CCN(C)C3)cc1. The highest BCUT2D eigenvalue weighted by molar-refractivity contribution is 6.05. The third kappa shape index (κ3) is 4.33. The number of likely N-dealkylation sites (N-methyl/N-ethyl adjacent to an activating group) is 1. The van der Waals surface area contributed by atoms with Crippen LogP contribution in [-0.4, -0.2) is 42.0 Å². The van der Waals surface area contributed by atoms with E-state index in [1.807, 2.05) is 62.5 Å². The van der Waals surface area contributed by atoms with Crippen LogP contribution in [0.3, 0.4) is 0 Å². The Kier molecular flexibility index (Phi) is 5.77. The average molecular weight is 403 g/mol. The van der Waals surface area contributed by atoms with Gasteiger partial charge in [-0.1, -0.05) is 48.0 Å². The molecule has 2 heterocycles. The van der Waals surface area contributed by atoms with Gasteiger partial charge in [-0.15, -0.1) is 0 Å². The minimum Gasteiger partial charge on any atom is -0.452 e. The van der Waals surface area contributed by atoms with Gasteiger partial charge < -0.3 is 15.0 Å². The van der Waals surface area contributed by atoms with E-state index in [4.69, 9.17) is 9.72 Å². The lowest BCUT2D eigenvalue weighted by Gasteiger charge is -2.26. The van der Waals surface area contributed by atoms with Crippen LogP contribution in [0, 0.1) is 6.92 Å². The molecule has 1 aromatic heterocycles. The molecule has 1 amide bonds. The summed E-state index contributed by atoms with van der Waals surface area (Å²) in [6, 6.07) is 15.5. The molecule has 0 fully saturated rings. The number of fused-ring (bicyclic) bond motifs is 2. The maximum absolute atomic E-state index is 13.0. The number of esters is 1. The van der Waals surface area contributed by atoms with Crippen LogP contribution in [0.4, 0.5) is 0 Å². The number of carbonyl (C=O) groups excluding carboxylic acids is 2. The second kappa shape index (κ2) is 8.63. The molecule has 1 N–H and O–H groups in total. The van der Waals surface area contributed by atoms with Crippen LogP contribution in [-0.2, 0) is 29.0 Å². The zero-order valence-electron chi connectivity index (χ0n) is 17.3. The van der Waals surface area contributed by atoms with Crippen LogP contribution >= 0.6 is 0 Å². The first-order valence-electron chi connectivity index (χ1n) is 10.1. The predicted molar refractivity (Wildman–Crippen MR) is 115 cm³/mol. The summed E-state index contributed by atoms with van der Waals surface area (Å²) in [4.78, 5) is 32.1. The highest BCUT2D eigenvalue weighted by atomic mass is 16.5. The lowest BCUT2D eigenvalue weighted by atomic mass is 9.96. The molecule has 1 aliphatic heterocycles. The van der Waals surface area contributed by atoms with E-state index in [1.165, 1.54) is 0 Å². The molecule has 3 aromatic rings. The van der Waals surface area contributed by atoms with E-state index in [0.717, 1.165) is 46.3 Å². The molecular weight excluding hydrogens is 378 g/mol. The molecule has 0 atom stereocenters. The maximum Gasteiger partial charge on any atom is 0.339 e. The van der Waals surface area contributed by atoms with Crippen molar-refractivity contribution in [3.63, 3.8) is 0 Å². The van der Waals surface area contributed by atoms with Crippen LogP contribution in [0.25, 0.3) is 10.9 Å². The third-order valence-corrected chi connectivity index (χ3v) is 5.39. The summed E-state index contributed by atoms with van der Waals surface area (Å²) in [5, 5.41) is 3.56. The number of para-hydroxylation sites is 1. The molecule has 2 aromatic carbocycles. The van der Waals surface area contributed by atoms with Gasteiger partial charge in [-0.25, -0.2) is 4.79 Å². The van der Waals surface area contributed by atoms with Crippen molar-refractivity contribution in [1.82, 2.24) is 15.2 Å². The Morgan fingerprint density at radius 2 is 1.90 bits per heavy atom. The van der Waals surface area contributed by atoms with Crippen LogP contribution < -0.4 is 5.32 Å². The molecule has 0 radical (unpaired) electrons. The van der Waals surface area contributed by atoms with Crippen molar-refractivity contribution in [2.45, 2.75) is 26.4 Å². The quantitative estimate of drug-likeness (QED) is 0.663. The minimum absolute atomic E-state index is 0.314. The first kappa shape index (κ1) is 20.0. The van der Waals surface area contributed by atoms with Crippen molar-refractivity contribution in [1.29, 1.82) is 0 Å². The Bertz CT molecular complexity index is 1090. The summed E-state index contributed by atoms with van der Waals surface area (Å²) in [7, 11) is 2.02. The van der Waals surface area contributed by atoms with E-state index < -0.39 is 5.97 Å². The van der Waals surface area contributed by atoms with Gasteiger partial charge in [0.15, 0.2) is 6.61 Å². The average Bonchev–Trinajstić information content (AvgIpc) is 2.75. The maximum atomic E-state index is 13.0. The molecule has 1 aliphatic rings. The molecule has 0 spiro atoms. The molecule has 0 saturated heterocycles. The second-order valence-electron chi connectivity index (χ2n) is 7.76. The topological polar surface area (TPSA) is 71.5 Å². The Hall–Kier alpha value is -3.25. The first-order chi connectivity index (χ1) is 14.5. The van der Waals surface area contributed by atoms with E-state index in [9.17, 15) is 9.59 Å². The van der Waals surface area contributed by atoms with Gasteiger partial charge in [0.25, 0.3) is 5.91 Å². The van der Waals surface area contributed by atoms with Crippen molar-refractivity contribution < 1.29 is 14.3 Å². The number of carbonyl (C=O) groups is 2. The molecule has 0 saturated carbocycles. The van der Waals surface area contributed by atoms with Gasteiger partial charge in [0.1, 0.15) is 0 Å². The van der Waals surface area contributed by atoms with Crippen LogP contribution in [0.1, 0.15) is 32.7 Å². The number of pyridine rings is 1. The fourth-order valence-electron chi connectivity index (χ4n) is 3.72. The summed E-state index contributed by atoms with van der Waals surface area (Å²) in [5.74, 6) is -0.807. The molecule has 30 heavy (non-hydrogen) atoms. The zero-order chi connectivity index (χ0) is 21.1. The van der Waals surface area contributed by atoms with Gasteiger partial charge in [-0.3, -0.25) is 9.78 Å². The highest BCUT2D eigenvalue weighted by Crippen LogP contribution is 2.28. The van der Waals surface area contributed by atoms with Crippen LogP contribution in [0.15, 0.2) is 48.5 Å². The number of nitrogens with zero attached hydrogens (tertiary/aromatic N) is 2. The Morgan fingerprint density at radius 3 is 2.70 bits per heavy atom. The van der Waals surface area contributed by atoms with Gasteiger partial charge in [-0.2, -0.15) is 0 Å². The molecule has 6 nitrogen and oxygen atoms in total. The highest BCUT2D eigenvalue weighted by Gasteiger charge is 2.25. The lowest BCUT2D eigenvalue weighted by Crippen LogP contribution is -2.31. The van der Waals surface area contributed by atoms with E-state index in [2.05, 4.69) is 10.2 Å². The smallest absolute Gasteiger partial charge is 0.339 e. The van der Waals surface area contributed by atoms with E-state index in [-0.39, 0.29) is 12.5 Å². The zero-order valence-corrected chi connectivity index (χ0v) is 17.3. The Balaban J connectivity index is 1.48. The number of ether oxygens (including phenoxy) is 1. The lowest BCUT2D eigenvalue weighted by molar-refractivity contribution is -0.124. The number of nitrogens with one attached hydrogen (secondary N) is 1. The standard InChI is InChI=1S/C24H25N3O3/c1-16-7-9-17(10-8-16)13-25-22(28)15-30-24(29)23-18-5-3-4-6-20(18)26-21-11-12-27(2)14-19(21)23/h3-10H,11-15H2,1-2H3,(H,25,28). The Morgan fingerprint density at radius 1 is 1.13 bits per heavy atom. The van der Waals surface area contributed by atoms with Gasteiger partial charge in [0.2, 0.25) is 0 Å². The van der Waals surface area contributed by atoms with Crippen molar-refractivity contribution in [2.24, 2.45) is 0 Å². The number of benzene rings is 2. The molecule has 154 valence electrons. The predicted octanol–water partition coefficient (Wildman–Crippen LogP) is 3.00.